The number of ether oxygens (including phenoxy) is 2. The Labute approximate surface area is 341 Å². The molecule has 2 heterocycles. The molecule has 5 N–H and O–H groups in total. The summed E-state index contributed by atoms with van der Waals surface area (Å²) in [5.74, 6) is 7.55. The average Bonchev–Trinajstić information content (AvgIpc) is 3.82. The van der Waals surface area contributed by atoms with Crippen molar-refractivity contribution in [3.8, 4) is 0 Å². The Hall–Kier alpha value is -1.18. The van der Waals surface area contributed by atoms with Gasteiger partial charge in [-0.2, -0.15) is 0 Å². The predicted molar refractivity (Wildman–Crippen MR) is 227 cm³/mol. The standard InChI is InChI=1S/C50H80N4O2/c51-49(34-14-5-2-6-15-34)54-50(53-37-27-29-40-39-17-8-10-21-45(39)55-47(40)31-37)43-19-11-18-42-41-28-24-35(30-46(41)56-48(42)43)38-16-7-9-20-44(38)52-36-25-22-33(23-26-36)32-12-3-1-4-13-32/h24,27-29,32-38,40-44,46-50,52-54H,1-23,25-26,30-31,51H2. The molecule has 13 atom stereocenters. The van der Waals surface area contributed by atoms with Gasteiger partial charge in [-0.15, -0.1) is 0 Å². The molecule has 6 fully saturated rings. The second kappa shape index (κ2) is 17.8. The maximum absolute atomic E-state index is 7.45. The van der Waals surface area contributed by atoms with Gasteiger partial charge < -0.3 is 20.5 Å². The summed E-state index contributed by atoms with van der Waals surface area (Å²) in [4.78, 5) is 0. The van der Waals surface area contributed by atoms with E-state index in [0.29, 0.717) is 65.9 Å². The Morgan fingerprint density at radius 3 is 2.23 bits per heavy atom. The molecule has 5 saturated carbocycles. The SMILES string of the molecule is NC(NC(NC1C=CC2C3=C(CCCC3)OC2C1)C1CCCC2C3C=CC(C4CCCCC4NC4CCC(C5CCCCC5)CC4)CC3OC12)C1CCCCC1. The van der Waals surface area contributed by atoms with E-state index in [9.17, 15) is 0 Å². The van der Waals surface area contributed by atoms with Crippen molar-refractivity contribution in [2.75, 3.05) is 0 Å². The molecular formula is C50H80N4O2. The van der Waals surface area contributed by atoms with Crippen LogP contribution >= 0.6 is 0 Å². The highest BCUT2D eigenvalue weighted by atomic mass is 16.5. The first-order valence-electron chi connectivity index (χ1n) is 25.1. The van der Waals surface area contributed by atoms with Crippen molar-refractivity contribution in [3.05, 3.63) is 35.6 Å². The van der Waals surface area contributed by atoms with E-state index in [2.05, 4.69) is 40.3 Å². The third-order valence-corrected chi connectivity index (χ3v) is 18.1. The monoisotopic (exact) mass is 769 g/mol. The molecule has 0 aromatic rings. The van der Waals surface area contributed by atoms with Crippen LogP contribution in [0.15, 0.2) is 35.6 Å². The summed E-state index contributed by atoms with van der Waals surface area (Å²) in [5.41, 5.74) is 8.76. The lowest BCUT2D eigenvalue weighted by atomic mass is 9.67. The Bertz CT molecular complexity index is 1390. The zero-order valence-corrected chi connectivity index (χ0v) is 35.1. The number of allylic oxidation sites excluding steroid dienone is 2. The summed E-state index contributed by atoms with van der Waals surface area (Å²) in [6, 6.07) is 1.74. The van der Waals surface area contributed by atoms with Gasteiger partial charge in [-0.1, -0.05) is 94.9 Å². The van der Waals surface area contributed by atoms with Gasteiger partial charge in [0.05, 0.1) is 30.3 Å². The van der Waals surface area contributed by atoms with Crippen LogP contribution in [0.25, 0.3) is 0 Å². The van der Waals surface area contributed by atoms with Crippen molar-refractivity contribution >= 4 is 0 Å². The predicted octanol–water partition coefficient (Wildman–Crippen LogP) is 10.2. The van der Waals surface area contributed by atoms with Crippen LogP contribution in [0.4, 0.5) is 0 Å². The number of rotatable bonds is 10. The lowest BCUT2D eigenvalue weighted by molar-refractivity contribution is -0.0461. The minimum absolute atomic E-state index is 0.0382. The van der Waals surface area contributed by atoms with E-state index in [1.807, 2.05) is 0 Å². The van der Waals surface area contributed by atoms with E-state index in [4.69, 9.17) is 15.2 Å². The summed E-state index contributed by atoms with van der Waals surface area (Å²) >= 11 is 0. The highest BCUT2D eigenvalue weighted by Gasteiger charge is 2.52. The van der Waals surface area contributed by atoms with Crippen LogP contribution in [-0.2, 0) is 9.47 Å². The van der Waals surface area contributed by atoms with Gasteiger partial charge in [0.15, 0.2) is 0 Å². The van der Waals surface area contributed by atoms with Gasteiger partial charge in [0.1, 0.15) is 6.10 Å². The Balaban J connectivity index is 0.799. The lowest BCUT2D eigenvalue weighted by Crippen LogP contribution is -2.62. The van der Waals surface area contributed by atoms with E-state index in [-0.39, 0.29) is 12.3 Å². The van der Waals surface area contributed by atoms with Crippen LogP contribution < -0.4 is 21.7 Å². The second-order valence-corrected chi connectivity index (χ2v) is 21.3. The van der Waals surface area contributed by atoms with E-state index >= 15 is 0 Å². The van der Waals surface area contributed by atoms with Crippen LogP contribution in [0.2, 0.25) is 0 Å². The highest BCUT2D eigenvalue weighted by Crippen LogP contribution is 2.51. The quantitative estimate of drug-likeness (QED) is 0.131. The smallest absolute Gasteiger partial charge is 0.110 e. The van der Waals surface area contributed by atoms with Gasteiger partial charge in [0, 0.05) is 48.7 Å². The molecule has 0 aromatic heterocycles. The molecule has 13 unspecified atom stereocenters. The highest BCUT2D eigenvalue weighted by molar-refractivity contribution is 5.29. The summed E-state index contributed by atoms with van der Waals surface area (Å²) in [5, 5.41) is 12.7. The van der Waals surface area contributed by atoms with Crippen molar-refractivity contribution in [2.45, 2.75) is 222 Å². The fraction of sp³-hybridized carbons (Fsp3) is 0.880. The summed E-state index contributed by atoms with van der Waals surface area (Å²) in [6.45, 7) is 0. The summed E-state index contributed by atoms with van der Waals surface area (Å²) in [7, 11) is 0. The van der Waals surface area contributed by atoms with Crippen LogP contribution in [0.1, 0.15) is 173 Å². The molecule has 2 aliphatic heterocycles. The number of hydrogen-bond acceptors (Lipinski definition) is 6. The molecule has 0 bridgehead atoms. The third-order valence-electron chi connectivity index (χ3n) is 18.1. The molecule has 8 aliphatic carbocycles. The Morgan fingerprint density at radius 1 is 0.625 bits per heavy atom. The first kappa shape index (κ1) is 39.0. The number of hydrogen-bond donors (Lipinski definition) is 4. The summed E-state index contributed by atoms with van der Waals surface area (Å²) < 4.78 is 14.1. The van der Waals surface area contributed by atoms with E-state index in [1.165, 1.54) is 166 Å². The van der Waals surface area contributed by atoms with Crippen LogP contribution in [-0.4, -0.2) is 48.8 Å². The molecule has 312 valence electrons. The van der Waals surface area contributed by atoms with E-state index in [1.54, 1.807) is 5.57 Å². The average molecular weight is 769 g/mol. The maximum atomic E-state index is 7.45. The topological polar surface area (TPSA) is 80.6 Å². The minimum atomic E-state index is 0.0382. The fourth-order valence-electron chi connectivity index (χ4n) is 15.1. The van der Waals surface area contributed by atoms with E-state index < -0.39 is 0 Å². The third kappa shape index (κ3) is 8.29. The number of nitrogens with two attached hydrogens (primary N) is 1. The van der Waals surface area contributed by atoms with Gasteiger partial charge in [0.25, 0.3) is 0 Å². The Morgan fingerprint density at radius 2 is 1.38 bits per heavy atom. The van der Waals surface area contributed by atoms with Gasteiger partial charge in [-0.05, 0) is 131 Å². The van der Waals surface area contributed by atoms with Crippen molar-refractivity contribution in [1.29, 1.82) is 0 Å². The van der Waals surface area contributed by atoms with Gasteiger partial charge in [-0.3, -0.25) is 10.6 Å². The van der Waals surface area contributed by atoms with Crippen molar-refractivity contribution in [2.24, 2.45) is 59.0 Å². The molecular weight excluding hydrogens is 689 g/mol. The molecule has 6 heteroatoms. The van der Waals surface area contributed by atoms with Gasteiger partial charge in [0.2, 0.25) is 0 Å². The second-order valence-electron chi connectivity index (χ2n) is 21.3. The number of nitrogens with one attached hydrogen (secondary N) is 3. The lowest BCUT2D eigenvalue weighted by Gasteiger charge is -2.43. The van der Waals surface area contributed by atoms with Crippen molar-refractivity contribution in [1.82, 2.24) is 16.0 Å². The van der Waals surface area contributed by atoms with E-state index in [0.717, 1.165) is 36.6 Å². The molecule has 0 radical (unpaired) electrons. The van der Waals surface area contributed by atoms with Gasteiger partial charge in [-0.25, -0.2) is 0 Å². The largest absolute Gasteiger partial charge is 0.494 e. The van der Waals surface area contributed by atoms with Crippen LogP contribution in [0.3, 0.4) is 0 Å². The van der Waals surface area contributed by atoms with Crippen molar-refractivity contribution < 1.29 is 9.47 Å². The van der Waals surface area contributed by atoms with Crippen LogP contribution in [0, 0.1) is 53.3 Å². The molecule has 1 saturated heterocycles. The molecule has 0 spiro atoms. The molecule has 10 aliphatic rings. The van der Waals surface area contributed by atoms with Gasteiger partial charge >= 0.3 is 0 Å². The zero-order valence-electron chi connectivity index (χ0n) is 35.1. The van der Waals surface area contributed by atoms with Crippen molar-refractivity contribution in [3.63, 3.8) is 0 Å². The summed E-state index contributed by atoms with van der Waals surface area (Å²) in [6.07, 6.45) is 48.1. The maximum Gasteiger partial charge on any atom is 0.110 e. The fourth-order valence-corrected chi connectivity index (χ4v) is 15.1. The normalized spacial score (nSPS) is 44.3. The molecule has 0 amide bonds. The molecule has 0 aromatic carbocycles. The molecule has 10 rings (SSSR count). The minimum Gasteiger partial charge on any atom is -0.494 e. The molecule has 56 heavy (non-hydrogen) atoms. The first-order chi connectivity index (χ1) is 27.6. The Kier molecular flexibility index (Phi) is 12.4. The first-order valence-corrected chi connectivity index (χ1v) is 25.1. The van der Waals surface area contributed by atoms with Crippen LogP contribution in [0.5, 0.6) is 0 Å². The zero-order chi connectivity index (χ0) is 37.4. The number of fused-ring (bicyclic) bond motifs is 5. The molecule has 6 nitrogen and oxygen atoms in total.